The smallest absolute Gasteiger partial charge is 0.214 e. The summed E-state index contributed by atoms with van der Waals surface area (Å²) >= 11 is 0. The molecule has 0 atom stereocenters. The van der Waals surface area contributed by atoms with Crippen molar-refractivity contribution in [3.8, 4) is 5.88 Å². The molecule has 0 amide bonds. The van der Waals surface area contributed by atoms with E-state index in [0.29, 0.717) is 25.3 Å². The number of carbonyl (C=O) groups is 1. The maximum atomic E-state index is 13.2. The fourth-order valence-corrected chi connectivity index (χ4v) is 1.50. The highest BCUT2D eigenvalue weighted by Crippen LogP contribution is 2.13. The van der Waals surface area contributed by atoms with Crippen LogP contribution < -0.4 is 10.1 Å². The third-order valence-electron chi connectivity index (χ3n) is 2.54. The Hall–Kier alpha value is -1.91. The number of halogens is 1. The SMILES string of the molecule is COc1cc(NCCCC(=O)/C=C/C(C)(C)F)ccn1. The minimum Gasteiger partial charge on any atom is -0.481 e. The van der Waals surface area contributed by atoms with E-state index in [4.69, 9.17) is 4.74 Å². The number of hydrogen-bond donors (Lipinski definition) is 1. The second kappa shape index (κ2) is 7.62. The lowest BCUT2D eigenvalue weighted by atomic mass is 10.1. The molecule has 0 aliphatic heterocycles. The number of carbonyl (C=O) groups excluding carboxylic acids is 1. The molecule has 0 aromatic carbocycles. The molecule has 20 heavy (non-hydrogen) atoms. The molecule has 0 aliphatic carbocycles. The molecule has 1 aromatic heterocycles. The normalized spacial score (nSPS) is 11.6. The first-order chi connectivity index (χ1) is 9.40. The Morgan fingerprint density at radius 3 is 2.95 bits per heavy atom. The van der Waals surface area contributed by atoms with Crippen LogP contribution in [-0.4, -0.2) is 30.1 Å². The maximum absolute atomic E-state index is 13.2. The Labute approximate surface area is 119 Å². The van der Waals surface area contributed by atoms with E-state index in [1.807, 2.05) is 6.07 Å². The first kappa shape index (κ1) is 16.1. The molecule has 5 heteroatoms. The highest BCUT2D eigenvalue weighted by molar-refractivity contribution is 5.89. The van der Waals surface area contributed by atoms with Gasteiger partial charge in [-0.3, -0.25) is 4.79 Å². The number of ketones is 1. The van der Waals surface area contributed by atoms with Crippen molar-refractivity contribution in [2.75, 3.05) is 19.0 Å². The Morgan fingerprint density at radius 2 is 2.30 bits per heavy atom. The lowest BCUT2D eigenvalue weighted by molar-refractivity contribution is -0.114. The molecule has 0 aliphatic rings. The third kappa shape index (κ3) is 6.87. The van der Waals surface area contributed by atoms with Gasteiger partial charge in [-0.15, -0.1) is 0 Å². The zero-order valence-electron chi connectivity index (χ0n) is 12.1. The van der Waals surface area contributed by atoms with Crippen molar-refractivity contribution in [3.05, 3.63) is 30.5 Å². The summed E-state index contributed by atoms with van der Waals surface area (Å²) in [5, 5.41) is 3.18. The summed E-state index contributed by atoms with van der Waals surface area (Å²) in [7, 11) is 1.56. The standard InChI is InChI=1S/C15H21FN2O2/c1-15(2,16)8-6-13(19)5-4-9-17-12-7-10-18-14(11-12)20-3/h6-8,10-11H,4-5,9H2,1-3H3,(H,17,18)/b8-6+. The second-order valence-corrected chi connectivity index (χ2v) is 4.98. The van der Waals surface area contributed by atoms with Gasteiger partial charge in [-0.25, -0.2) is 9.37 Å². The average Bonchev–Trinajstić information content (AvgIpc) is 2.41. The van der Waals surface area contributed by atoms with Crippen molar-refractivity contribution >= 4 is 11.5 Å². The van der Waals surface area contributed by atoms with E-state index in [-0.39, 0.29) is 5.78 Å². The molecule has 0 fully saturated rings. The van der Waals surface area contributed by atoms with Crippen LogP contribution in [0, 0.1) is 0 Å². The number of ether oxygens (including phenoxy) is 1. The lowest BCUT2D eigenvalue weighted by Gasteiger charge is -2.07. The summed E-state index contributed by atoms with van der Waals surface area (Å²) in [6.07, 6.45) is 5.33. The minimum absolute atomic E-state index is 0.0650. The molecule has 0 spiro atoms. The number of nitrogens with one attached hydrogen (secondary N) is 1. The third-order valence-corrected chi connectivity index (χ3v) is 2.54. The van der Waals surface area contributed by atoms with Gasteiger partial charge in [0.1, 0.15) is 5.67 Å². The van der Waals surface area contributed by atoms with Crippen molar-refractivity contribution < 1.29 is 13.9 Å². The lowest BCUT2D eigenvalue weighted by Crippen LogP contribution is -2.08. The monoisotopic (exact) mass is 280 g/mol. The van der Waals surface area contributed by atoms with E-state index in [1.165, 1.54) is 26.0 Å². The van der Waals surface area contributed by atoms with Crippen LogP contribution in [0.15, 0.2) is 30.5 Å². The summed E-state index contributed by atoms with van der Waals surface area (Å²) in [5.41, 5.74) is -0.550. The summed E-state index contributed by atoms with van der Waals surface area (Å²) in [5.74, 6) is 0.476. The van der Waals surface area contributed by atoms with Crippen LogP contribution in [0.1, 0.15) is 26.7 Å². The van der Waals surface area contributed by atoms with Gasteiger partial charge in [-0.2, -0.15) is 0 Å². The van der Waals surface area contributed by atoms with Gasteiger partial charge < -0.3 is 10.1 Å². The number of hydrogen-bond acceptors (Lipinski definition) is 4. The van der Waals surface area contributed by atoms with Crippen molar-refractivity contribution in [2.45, 2.75) is 32.4 Å². The van der Waals surface area contributed by atoms with E-state index in [9.17, 15) is 9.18 Å². The highest BCUT2D eigenvalue weighted by Gasteiger charge is 2.10. The van der Waals surface area contributed by atoms with Crippen LogP contribution in [0.3, 0.4) is 0 Å². The molecule has 0 saturated heterocycles. The first-order valence-electron chi connectivity index (χ1n) is 6.55. The zero-order chi connectivity index (χ0) is 15.0. The highest BCUT2D eigenvalue weighted by atomic mass is 19.1. The molecular weight excluding hydrogens is 259 g/mol. The zero-order valence-corrected chi connectivity index (χ0v) is 12.1. The van der Waals surface area contributed by atoms with E-state index < -0.39 is 5.67 Å². The quantitative estimate of drug-likeness (QED) is 0.587. The number of allylic oxidation sites excluding steroid dienone is 2. The molecule has 0 bridgehead atoms. The molecule has 1 N–H and O–H groups in total. The predicted molar refractivity (Wildman–Crippen MR) is 77.8 cm³/mol. The van der Waals surface area contributed by atoms with Crippen LogP contribution >= 0.6 is 0 Å². The molecule has 0 radical (unpaired) electrons. The number of aromatic nitrogens is 1. The van der Waals surface area contributed by atoms with Crippen molar-refractivity contribution in [1.82, 2.24) is 4.98 Å². The Morgan fingerprint density at radius 1 is 1.55 bits per heavy atom. The van der Waals surface area contributed by atoms with Gasteiger partial charge in [0.25, 0.3) is 0 Å². The van der Waals surface area contributed by atoms with Crippen molar-refractivity contribution in [1.29, 1.82) is 0 Å². The van der Waals surface area contributed by atoms with Crippen LogP contribution in [-0.2, 0) is 4.79 Å². The molecule has 1 heterocycles. The van der Waals surface area contributed by atoms with Crippen LogP contribution in [0.5, 0.6) is 5.88 Å². The van der Waals surface area contributed by atoms with E-state index in [1.54, 1.807) is 19.4 Å². The largest absolute Gasteiger partial charge is 0.481 e. The van der Waals surface area contributed by atoms with Crippen molar-refractivity contribution in [2.24, 2.45) is 0 Å². The predicted octanol–water partition coefficient (Wildman–Crippen LogP) is 3.16. The molecule has 1 aromatic rings. The topological polar surface area (TPSA) is 51.2 Å². The fraction of sp³-hybridized carbons (Fsp3) is 0.467. The van der Waals surface area contributed by atoms with Gasteiger partial charge in [0.2, 0.25) is 5.88 Å². The summed E-state index contributed by atoms with van der Waals surface area (Å²) < 4.78 is 18.2. The van der Waals surface area contributed by atoms with Gasteiger partial charge in [0.15, 0.2) is 5.78 Å². The summed E-state index contributed by atoms with van der Waals surface area (Å²) in [4.78, 5) is 15.5. The number of alkyl halides is 1. The molecule has 0 saturated carbocycles. The van der Waals surface area contributed by atoms with Crippen LogP contribution in [0.2, 0.25) is 0 Å². The number of methoxy groups -OCH3 is 1. The van der Waals surface area contributed by atoms with Crippen molar-refractivity contribution in [3.63, 3.8) is 0 Å². The number of rotatable bonds is 8. The van der Waals surface area contributed by atoms with Gasteiger partial charge in [-0.05, 0) is 38.5 Å². The van der Waals surface area contributed by atoms with Gasteiger partial charge >= 0.3 is 0 Å². The van der Waals surface area contributed by atoms with E-state index in [2.05, 4.69) is 10.3 Å². The number of nitrogens with zero attached hydrogens (tertiary/aromatic N) is 1. The van der Waals surface area contributed by atoms with Gasteiger partial charge in [0.05, 0.1) is 7.11 Å². The summed E-state index contributed by atoms with van der Waals surface area (Å²) in [6.45, 7) is 3.48. The molecule has 110 valence electrons. The Balaban J connectivity index is 2.28. The molecular formula is C15H21FN2O2. The van der Waals surface area contributed by atoms with Crippen LogP contribution in [0.4, 0.5) is 10.1 Å². The summed E-state index contributed by atoms with van der Waals surface area (Å²) in [6, 6.07) is 3.61. The average molecular weight is 280 g/mol. The minimum atomic E-state index is -1.44. The Bertz CT molecular complexity index is 467. The Kier molecular flexibility index (Phi) is 6.15. The molecule has 0 unspecified atom stereocenters. The van der Waals surface area contributed by atoms with Gasteiger partial charge in [0, 0.05) is 30.9 Å². The molecule has 4 nitrogen and oxygen atoms in total. The first-order valence-corrected chi connectivity index (χ1v) is 6.55. The maximum Gasteiger partial charge on any atom is 0.214 e. The number of pyridine rings is 1. The van der Waals surface area contributed by atoms with Crippen LogP contribution in [0.25, 0.3) is 0 Å². The number of anilines is 1. The van der Waals surface area contributed by atoms with Gasteiger partial charge in [-0.1, -0.05) is 0 Å². The fourth-order valence-electron chi connectivity index (χ4n) is 1.50. The second-order valence-electron chi connectivity index (χ2n) is 4.98. The van der Waals surface area contributed by atoms with E-state index >= 15 is 0 Å². The van der Waals surface area contributed by atoms with E-state index in [0.717, 1.165) is 5.69 Å². The molecule has 1 rings (SSSR count).